The molecule has 0 heterocycles. The molecule has 0 spiro atoms. The quantitative estimate of drug-likeness (QED) is 0.491. The first-order valence-electron chi connectivity index (χ1n) is 12.8. The lowest BCUT2D eigenvalue weighted by Crippen LogP contribution is -2.52. The highest BCUT2D eigenvalue weighted by Crippen LogP contribution is 2.41. The monoisotopic (exact) mass is 509 g/mol. The molecule has 4 atom stereocenters. The number of hydrogen-bond donors (Lipinski definition) is 2. The molecule has 2 aromatic rings. The molecule has 3 rings (SSSR count). The molecule has 37 heavy (non-hydrogen) atoms. The maximum absolute atomic E-state index is 13.8. The number of aryl methyl sites for hydroxylation is 1. The Kier molecular flexibility index (Phi) is 8.84. The minimum Gasteiger partial charge on any atom is -0.497 e. The second kappa shape index (κ2) is 11.7. The molecule has 200 valence electrons. The minimum atomic E-state index is -0.881. The summed E-state index contributed by atoms with van der Waals surface area (Å²) in [5.41, 5.74) is 1.74. The van der Waals surface area contributed by atoms with Crippen LogP contribution in [0.1, 0.15) is 65.1 Å². The van der Waals surface area contributed by atoms with Gasteiger partial charge in [0.2, 0.25) is 5.91 Å². The molecule has 0 radical (unpaired) electrons. The number of nitrogens with zero attached hydrogens (tertiary/aromatic N) is 1. The van der Waals surface area contributed by atoms with E-state index in [1.807, 2.05) is 24.3 Å². The summed E-state index contributed by atoms with van der Waals surface area (Å²) in [5, 5.41) is 5.61. The highest BCUT2D eigenvalue weighted by molar-refractivity contribution is 5.99. The fourth-order valence-electron chi connectivity index (χ4n) is 4.20. The van der Waals surface area contributed by atoms with Gasteiger partial charge in [-0.3, -0.25) is 9.59 Å². The van der Waals surface area contributed by atoms with Crippen LogP contribution in [0.25, 0.3) is 0 Å². The topological polar surface area (TPSA) is 97.0 Å². The van der Waals surface area contributed by atoms with Gasteiger partial charge >= 0.3 is 6.09 Å². The van der Waals surface area contributed by atoms with Crippen molar-refractivity contribution in [1.29, 1.82) is 0 Å². The Morgan fingerprint density at radius 3 is 2.14 bits per heavy atom. The van der Waals surface area contributed by atoms with Gasteiger partial charge in [0.25, 0.3) is 5.91 Å². The van der Waals surface area contributed by atoms with Crippen LogP contribution in [0.5, 0.6) is 5.75 Å². The van der Waals surface area contributed by atoms with E-state index in [9.17, 15) is 14.4 Å². The van der Waals surface area contributed by atoms with Crippen molar-refractivity contribution in [2.24, 2.45) is 5.92 Å². The van der Waals surface area contributed by atoms with Crippen LogP contribution in [-0.4, -0.2) is 47.6 Å². The van der Waals surface area contributed by atoms with E-state index in [0.29, 0.717) is 17.0 Å². The Labute approximate surface area is 219 Å². The zero-order valence-corrected chi connectivity index (χ0v) is 22.8. The van der Waals surface area contributed by atoms with Crippen molar-refractivity contribution in [1.82, 2.24) is 10.2 Å². The fourth-order valence-corrected chi connectivity index (χ4v) is 4.20. The van der Waals surface area contributed by atoms with E-state index in [1.165, 1.54) is 0 Å². The third-order valence-electron chi connectivity index (χ3n) is 6.37. The molecule has 0 aromatic heterocycles. The van der Waals surface area contributed by atoms with E-state index in [1.54, 1.807) is 64.0 Å². The van der Waals surface area contributed by atoms with Crippen LogP contribution in [0.3, 0.4) is 0 Å². The van der Waals surface area contributed by atoms with Gasteiger partial charge in [-0.25, -0.2) is 4.79 Å². The second-order valence-electron chi connectivity index (χ2n) is 10.6. The van der Waals surface area contributed by atoms with Crippen molar-refractivity contribution in [3.8, 4) is 5.75 Å². The Bertz CT molecular complexity index is 1090. The van der Waals surface area contributed by atoms with Gasteiger partial charge in [0.1, 0.15) is 23.4 Å². The van der Waals surface area contributed by atoms with Crippen LogP contribution in [0.2, 0.25) is 0 Å². The molecule has 8 heteroatoms. The van der Waals surface area contributed by atoms with E-state index >= 15 is 0 Å². The normalized spacial score (nSPS) is 18.2. The summed E-state index contributed by atoms with van der Waals surface area (Å²) in [4.78, 5) is 41.6. The lowest BCUT2D eigenvalue weighted by Gasteiger charge is -2.34. The van der Waals surface area contributed by atoms with Crippen molar-refractivity contribution in [3.05, 3.63) is 59.7 Å². The molecule has 0 bridgehead atoms. The number of carbonyl (C=O) groups is 3. The number of alkyl carbamates (subject to hydrolysis) is 1. The first kappa shape index (κ1) is 28.0. The van der Waals surface area contributed by atoms with Crippen LogP contribution in [0.4, 0.5) is 10.5 Å². The average molecular weight is 510 g/mol. The highest BCUT2D eigenvalue weighted by Gasteiger charge is 2.47. The number of hydrogen-bond acceptors (Lipinski definition) is 5. The van der Waals surface area contributed by atoms with Crippen molar-refractivity contribution < 1.29 is 23.9 Å². The van der Waals surface area contributed by atoms with E-state index < -0.39 is 23.8 Å². The summed E-state index contributed by atoms with van der Waals surface area (Å²) in [7, 11) is 1.58. The Hall–Kier alpha value is -3.55. The zero-order chi connectivity index (χ0) is 27.3. The summed E-state index contributed by atoms with van der Waals surface area (Å²) < 4.78 is 10.6. The maximum Gasteiger partial charge on any atom is 0.408 e. The molecule has 1 aliphatic carbocycles. The molecule has 1 aliphatic rings. The smallest absolute Gasteiger partial charge is 0.408 e. The van der Waals surface area contributed by atoms with Gasteiger partial charge in [-0.05, 0) is 81.8 Å². The van der Waals surface area contributed by atoms with E-state index in [4.69, 9.17) is 9.47 Å². The Morgan fingerprint density at radius 2 is 1.65 bits per heavy atom. The first-order valence-corrected chi connectivity index (χ1v) is 12.8. The predicted octanol–water partition coefficient (Wildman–Crippen LogP) is 5.09. The summed E-state index contributed by atoms with van der Waals surface area (Å²) in [6.45, 7) is 11.0. The molecule has 0 aliphatic heterocycles. The van der Waals surface area contributed by atoms with Gasteiger partial charge in [-0.1, -0.05) is 38.1 Å². The summed E-state index contributed by atoms with van der Waals surface area (Å²) in [6, 6.07) is 12.9. The number of methoxy groups -OCH3 is 1. The second-order valence-corrected chi connectivity index (χ2v) is 10.6. The summed E-state index contributed by atoms with van der Waals surface area (Å²) in [6.07, 6.45) is 0.968. The average Bonchev–Trinajstić information content (AvgIpc) is 3.56. The summed E-state index contributed by atoms with van der Waals surface area (Å²) >= 11 is 0. The SMILES string of the molecule is CCc1ccc(C(C(=O)Nc2ccc(OC)cc2)N(C(=O)C(C)NC(=O)OC(C)(C)C)C2CC2C)cc1. The van der Waals surface area contributed by atoms with Crippen molar-refractivity contribution in [2.75, 3.05) is 12.4 Å². The number of ether oxygens (including phenoxy) is 2. The Morgan fingerprint density at radius 1 is 1.05 bits per heavy atom. The van der Waals surface area contributed by atoms with Gasteiger partial charge in [-0.15, -0.1) is 0 Å². The van der Waals surface area contributed by atoms with E-state index in [0.717, 1.165) is 18.4 Å². The zero-order valence-electron chi connectivity index (χ0n) is 22.8. The van der Waals surface area contributed by atoms with Crippen LogP contribution < -0.4 is 15.4 Å². The number of rotatable bonds is 9. The summed E-state index contributed by atoms with van der Waals surface area (Å²) in [5.74, 6) is 0.250. The van der Waals surface area contributed by atoms with Crippen LogP contribution in [-0.2, 0) is 20.7 Å². The van der Waals surface area contributed by atoms with Crippen LogP contribution in [0.15, 0.2) is 48.5 Å². The third kappa shape index (κ3) is 7.47. The minimum absolute atomic E-state index is 0.118. The lowest BCUT2D eigenvalue weighted by molar-refractivity contribution is -0.141. The van der Waals surface area contributed by atoms with Gasteiger partial charge in [-0.2, -0.15) is 0 Å². The number of carbonyl (C=O) groups excluding carboxylic acids is 3. The van der Waals surface area contributed by atoms with Crippen LogP contribution in [0, 0.1) is 5.92 Å². The van der Waals surface area contributed by atoms with Crippen molar-refractivity contribution >= 4 is 23.6 Å². The molecule has 3 amide bonds. The molecule has 1 fully saturated rings. The molecule has 2 aromatic carbocycles. The number of nitrogens with one attached hydrogen (secondary N) is 2. The van der Waals surface area contributed by atoms with Crippen molar-refractivity contribution in [3.63, 3.8) is 0 Å². The van der Waals surface area contributed by atoms with E-state index in [2.05, 4.69) is 24.5 Å². The molecule has 1 saturated carbocycles. The first-order chi connectivity index (χ1) is 17.4. The fraction of sp³-hybridized carbons (Fsp3) is 0.483. The van der Waals surface area contributed by atoms with Crippen molar-refractivity contribution in [2.45, 2.75) is 78.1 Å². The van der Waals surface area contributed by atoms with Crippen LogP contribution >= 0.6 is 0 Å². The number of anilines is 1. The van der Waals surface area contributed by atoms with Gasteiger partial charge in [0.15, 0.2) is 0 Å². The highest BCUT2D eigenvalue weighted by atomic mass is 16.6. The standard InChI is InChI=1S/C29H39N3O5/c1-8-20-9-11-21(12-10-20)25(26(33)31-22-13-15-23(36-7)16-14-22)32(24-17-18(24)2)27(34)19(3)30-28(35)37-29(4,5)6/h9-16,18-19,24-25H,8,17H2,1-7H3,(H,30,35)(H,31,33). The number of benzene rings is 2. The molecule has 2 N–H and O–H groups in total. The van der Waals surface area contributed by atoms with Gasteiger partial charge < -0.3 is 25.0 Å². The van der Waals surface area contributed by atoms with E-state index in [-0.39, 0.29) is 23.8 Å². The maximum atomic E-state index is 13.8. The lowest BCUT2D eigenvalue weighted by atomic mass is 10.00. The molecular weight excluding hydrogens is 470 g/mol. The largest absolute Gasteiger partial charge is 0.497 e. The van der Waals surface area contributed by atoms with Gasteiger partial charge in [0.05, 0.1) is 7.11 Å². The molecule has 4 unspecified atom stereocenters. The molecule has 8 nitrogen and oxygen atoms in total. The number of amides is 3. The van der Waals surface area contributed by atoms with Gasteiger partial charge in [0, 0.05) is 11.7 Å². The predicted molar refractivity (Wildman–Crippen MR) is 143 cm³/mol. The molecule has 0 saturated heterocycles. The third-order valence-corrected chi connectivity index (χ3v) is 6.37. The Balaban J connectivity index is 1.93. The molecular formula is C29H39N3O5.